The summed E-state index contributed by atoms with van der Waals surface area (Å²) in [5.74, 6) is 0.799. The van der Waals surface area contributed by atoms with Gasteiger partial charge in [0.1, 0.15) is 0 Å². The van der Waals surface area contributed by atoms with Crippen molar-refractivity contribution in [2.45, 2.75) is 20.3 Å². The molecule has 1 aliphatic heterocycles. The summed E-state index contributed by atoms with van der Waals surface area (Å²) in [6.45, 7) is 10.3. The second-order valence-electron chi connectivity index (χ2n) is 5.57. The summed E-state index contributed by atoms with van der Waals surface area (Å²) < 4.78 is 0. The van der Waals surface area contributed by atoms with Gasteiger partial charge >= 0.3 is 0 Å². The summed E-state index contributed by atoms with van der Waals surface area (Å²) in [5.41, 5.74) is 8.12. The van der Waals surface area contributed by atoms with Gasteiger partial charge in [0.05, 0.1) is 11.4 Å². The number of nitrogens with two attached hydrogens (primary N) is 1. The molecule has 1 aromatic carbocycles. The molecule has 0 atom stereocenters. The van der Waals surface area contributed by atoms with Gasteiger partial charge in [0, 0.05) is 26.2 Å². The van der Waals surface area contributed by atoms with Crippen molar-refractivity contribution in [1.29, 1.82) is 0 Å². The summed E-state index contributed by atoms with van der Waals surface area (Å²) >= 11 is 0. The van der Waals surface area contributed by atoms with Crippen LogP contribution in [0.3, 0.4) is 0 Å². The maximum atomic E-state index is 6.03. The molecule has 0 aliphatic carbocycles. The van der Waals surface area contributed by atoms with Crippen LogP contribution in [0.2, 0.25) is 0 Å². The minimum atomic E-state index is 0.799. The topological polar surface area (TPSA) is 32.5 Å². The van der Waals surface area contributed by atoms with Gasteiger partial charge in [-0.2, -0.15) is 0 Å². The number of benzene rings is 1. The smallest absolute Gasteiger partial charge is 0.0600 e. The molecule has 1 fully saturated rings. The van der Waals surface area contributed by atoms with Gasteiger partial charge in [0.25, 0.3) is 0 Å². The molecule has 1 heterocycles. The highest BCUT2D eigenvalue weighted by atomic mass is 15.3. The van der Waals surface area contributed by atoms with Gasteiger partial charge in [-0.25, -0.2) is 0 Å². The van der Waals surface area contributed by atoms with Crippen molar-refractivity contribution in [3.8, 4) is 0 Å². The average Bonchev–Trinajstić information content (AvgIpc) is 2.38. The Labute approximate surface area is 111 Å². The molecule has 18 heavy (non-hydrogen) atoms. The Hall–Kier alpha value is -1.22. The molecular formula is C15H25N3. The van der Waals surface area contributed by atoms with Crippen LogP contribution >= 0.6 is 0 Å². The predicted molar refractivity (Wildman–Crippen MR) is 79.0 cm³/mol. The van der Waals surface area contributed by atoms with Crippen molar-refractivity contribution < 1.29 is 0 Å². The molecule has 0 bridgehead atoms. The van der Waals surface area contributed by atoms with Gasteiger partial charge in [0.2, 0.25) is 0 Å². The lowest BCUT2D eigenvalue weighted by atomic mass is 10.1. The molecule has 2 N–H and O–H groups in total. The molecule has 100 valence electrons. The molecule has 1 saturated heterocycles. The maximum absolute atomic E-state index is 6.03. The lowest BCUT2D eigenvalue weighted by Gasteiger charge is -2.36. The molecule has 0 radical (unpaired) electrons. The molecule has 0 aromatic heterocycles. The summed E-state index contributed by atoms with van der Waals surface area (Å²) in [5, 5.41) is 0. The van der Waals surface area contributed by atoms with E-state index in [1.54, 1.807) is 0 Å². The molecule has 1 aromatic rings. The third-order valence-corrected chi connectivity index (χ3v) is 3.67. The number of hydrogen-bond donors (Lipinski definition) is 1. The molecule has 0 saturated carbocycles. The fourth-order valence-corrected chi connectivity index (χ4v) is 2.43. The van der Waals surface area contributed by atoms with Crippen molar-refractivity contribution in [2.24, 2.45) is 5.92 Å². The van der Waals surface area contributed by atoms with Crippen LogP contribution in [0.5, 0.6) is 0 Å². The zero-order chi connectivity index (χ0) is 13.0. The first kappa shape index (κ1) is 13.2. The first-order chi connectivity index (χ1) is 8.66. The average molecular weight is 247 g/mol. The van der Waals surface area contributed by atoms with Crippen LogP contribution in [0.25, 0.3) is 0 Å². The van der Waals surface area contributed by atoms with Gasteiger partial charge in [-0.15, -0.1) is 0 Å². The quantitative estimate of drug-likeness (QED) is 0.829. The second-order valence-corrected chi connectivity index (χ2v) is 5.57. The van der Waals surface area contributed by atoms with Crippen molar-refractivity contribution in [1.82, 2.24) is 4.90 Å². The van der Waals surface area contributed by atoms with Crippen LogP contribution in [0, 0.1) is 5.92 Å². The van der Waals surface area contributed by atoms with Crippen LogP contribution in [0.1, 0.15) is 20.3 Å². The van der Waals surface area contributed by atoms with E-state index < -0.39 is 0 Å². The third kappa shape index (κ3) is 3.39. The van der Waals surface area contributed by atoms with E-state index in [-0.39, 0.29) is 0 Å². The number of anilines is 2. The zero-order valence-corrected chi connectivity index (χ0v) is 11.6. The largest absolute Gasteiger partial charge is 0.397 e. The summed E-state index contributed by atoms with van der Waals surface area (Å²) in [6.07, 6.45) is 1.30. The normalized spacial score (nSPS) is 17.4. The Morgan fingerprint density at radius 2 is 1.78 bits per heavy atom. The minimum absolute atomic E-state index is 0.799. The molecule has 0 amide bonds. The van der Waals surface area contributed by atoms with E-state index in [9.17, 15) is 0 Å². The van der Waals surface area contributed by atoms with E-state index in [0.717, 1.165) is 37.8 Å². The zero-order valence-electron chi connectivity index (χ0n) is 11.6. The SMILES string of the molecule is CC(C)CCN1CCN(c2ccccc2N)CC1. The molecule has 1 aliphatic rings. The highest BCUT2D eigenvalue weighted by molar-refractivity contribution is 5.67. The lowest BCUT2D eigenvalue weighted by molar-refractivity contribution is 0.244. The maximum Gasteiger partial charge on any atom is 0.0600 e. The predicted octanol–water partition coefficient (Wildman–Crippen LogP) is 2.44. The highest BCUT2D eigenvalue weighted by Crippen LogP contribution is 2.23. The number of nitrogens with zero attached hydrogens (tertiary/aromatic N) is 2. The third-order valence-electron chi connectivity index (χ3n) is 3.67. The fourth-order valence-electron chi connectivity index (χ4n) is 2.43. The van der Waals surface area contributed by atoms with Gasteiger partial charge in [-0.1, -0.05) is 26.0 Å². The Balaban J connectivity index is 1.85. The van der Waals surface area contributed by atoms with Gasteiger partial charge in [0.15, 0.2) is 0 Å². The monoisotopic (exact) mass is 247 g/mol. The van der Waals surface area contributed by atoms with Gasteiger partial charge in [-0.05, 0) is 31.0 Å². The Kier molecular flexibility index (Phi) is 4.48. The van der Waals surface area contributed by atoms with Crippen molar-refractivity contribution >= 4 is 11.4 Å². The Bertz CT molecular complexity index is 368. The summed E-state index contributed by atoms with van der Waals surface area (Å²) in [6, 6.07) is 8.17. The van der Waals surface area contributed by atoms with E-state index >= 15 is 0 Å². The van der Waals surface area contributed by atoms with E-state index in [4.69, 9.17) is 5.73 Å². The fraction of sp³-hybridized carbons (Fsp3) is 0.600. The molecule has 2 rings (SSSR count). The van der Waals surface area contributed by atoms with E-state index in [1.807, 2.05) is 12.1 Å². The van der Waals surface area contributed by atoms with Crippen molar-refractivity contribution in [3.05, 3.63) is 24.3 Å². The van der Waals surface area contributed by atoms with Crippen LogP contribution in [0.4, 0.5) is 11.4 Å². The highest BCUT2D eigenvalue weighted by Gasteiger charge is 2.18. The van der Waals surface area contributed by atoms with Crippen LogP contribution in [-0.4, -0.2) is 37.6 Å². The van der Waals surface area contributed by atoms with Crippen LogP contribution in [-0.2, 0) is 0 Å². The van der Waals surface area contributed by atoms with E-state index in [0.29, 0.717) is 0 Å². The van der Waals surface area contributed by atoms with Crippen LogP contribution < -0.4 is 10.6 Å². The van der Waals surface area contributed by atoms with E-state index in [1.165, 1.54) is 18.7 Å². The first-order valence-electron chi connectivity index (χ1n) is 6.98. The van der Waals surface area contributed by atoms with Gasteiger partial charge < -0.3 is 10.6 Å². The Morgan fingerprint density at radius 1 is 1.11 bits per heavy atom. The number of rotatable bonds is 4. The van der Waals surface area contributed by atoms with Crippen molar-refractivity contribution in [3.63, 3.8) is 0 Å². The first-order valence-corrected chi connectivity index (χ1v) is 6.98. The standard InChI is InChI=1S/C15H25N3/c1-13(2)7-8-17-9-11-18(12-10-17)15-6-4-3-5-14(15)16/h3-6,13H,7-12,16H2,1-2H3. The van der Waals surface area contributed by atoms with E-state index in [2.05, 4.69) is 35.8 Å². The second kappa shape index (κ2) is 6.10. The molecule has 0 spiro atoms. The summed E-state index contributed by atoms with van der Waals surface area (Å²) in [4.78, 5) is 4.97. The number of piperazine rings is 1. The molecule has 3 heteroatoms. The van der Waals surface area contributed by atoms with Crippen LogP contribution in [0.15, 0.2) is 24.3 Å². The lowest BCUT2D eigenvalue weighted by Crippen LogP contribution is -2.47. The molecular weight excluding hydrogens is 222 g/mol. The number of para-hydroxylation sites is 2. The Morgan fingerprint density at radius 3 is 2.39 bits per heavy atom. The minimum Gasteiger partial charge on any atom is -0.397 e. The van der Waals surface area contributed by atoms with Crippen molar-refractivity contribution in [2.75, 3.05) is 43.4 Å². The molecule has 3 nitrogen and oxygen atoms in total. The molecule has 0 unspecified atom stereocenters. The number of nitrogen functional groups attached to an aromatic ring is 1. The summed E-state index contributed by atoms with van der Waals surface area (Å²) in [7, 11) is 0. The number of hydrogen-bond acceptors (Lipinski definition) is 3. The van der Waals surface area contributed by atoms with Gasteiger partial charge in [-0.3, -0.25) is 4.90 Å².